The van der Waals surface area contributed by atoms with Gasteiger partial charge in [0.1, 0.15) is 5.69 Å². The van der Waals surface area contributed by atoms with Crippen LogP contribution in [-0.2, 0) is 14.3 Å². The van der Waals surface area contributed by atoms with E-state index in [1.165, 1.54) is 0 Å². The van der Waals surface area contributed by atoms with Crippen molar-refractivity contribution in [1.82, 2.24) is 9.97 Å². The molecule has 1 amide bonds. The van der Waals surface area contributed by atoms with Gasteiger partial charge >= 0.3 is 5.97 Å². The molecule has 0 radical (unpaired) electrons. The third-order valence-corrected chi connectivity index (χ3v) is 5.16. The van der Waals surface area contributed by atoms with E-state index in [0.717, 1.165) is 12.8 Å². The summed E-state index contributed by atoms with van der Waals surface area (Å²) in [5.74, 6) is -1.75. The Morgan fingerprint density at radius 3 is 2.52 bits per heavy atom. The zero-order chi connectivity index (χ0) is 20.8. The molecule has 1 fully saturated rings. The second kappa shape index (κ2) is 9.32. The first-order chi connectivity index (χ1) is 14.0. The van der Waals surface area contributed by atoms with Gasteiger partial charge in [-0.05, 0) is 31.4 Å². The van der Waals surface area contributed by atoms with Crippen LogP contribution in [0.3, 0.4) is 0 Å². The van der Waals surface area contributed by atoms with Gasteiger partial charge in [-0.15, -0.1) is 0 Å². The summed E-state index contributed by atoms with van der Waals surface area (Å²) in [6, 6.07) is 9.37. The molecule has 1 aliphatic heterocycles. The summed E-state index contributed by atoms with van der Waals surface area (Å²) >= 11 is 0. The van der Waals surface area contributed by atoms with E-state index in [1.807, 2.05) is 36.1 Å². The molecule has 0 bridgehead atoms. The van der Waals surface area contributed by atoms with E-state index in [-0.39, 0.29) is 18.4 Å². The topological polar surface area (TPSA) is 122 Å². The van der Waals surface area contributed by atoms with E-state index >= 15 is 0 Å². The first-order valence-electron chi connectivity index (χ1n) is 9.92. The molecule has 29 heavy (non-hydrogen) atoms. The maximum Gasteiger partial charge on any atom is 0.329 e. The molecule has 152 valence electrons. The lowest BCUT2D eigenvalue weighted by Crippen LogP contribution is -2.39. The number of nitrogens with two attached hydrogens (primary N) is 1. The summed E-state index contributed by atoms with van der Waals surface area (Å²) in [4.78, 5) is 35.3. The second-order valence-corrected chi connectivity index (χ2v) is 7.17. The Balaban J connectivity index is 1.96. The normalized spacial score (nSPS) is 15.7. The third-order valence-electron chi connectivity index (χ3n) is 5.16. The van der Waals surface area contributed by atoms with Crippen molar-refractivity contribution in [3.05, 3.63) is 30.0 Å². The van der Waals surface area contributed by atoms with E-state index in [1.54, 1.807) is 6.07 Å². The number of primary amides is 1. The molecule has 1 aliphatic rings. The molecule has 1 saturated heterocycles. The number of piperidine rings is 1. The van der Waals surface area contributed by atoms with Crippen LogP contribution in [0.4, 0.5) is 5.82 Å². The van der Waals surface area contributed by atoms with Crippen LogP contribution in [0.25, 0.3) is 11.0 Å². The lowest BCUT2D eigenvalue weighted by molar-refractivity contribution is -0.144. The van der Waals surface area contributed by atoms with Gasteiger partial charge in [0, 0.05) is 19.0 Å². The van der Waals surface area contributed by atoms with Crippen LogP contribution in [0.5, 0.6) is 0 Å². The van der Waals surface area contributed by atoms with E-state index in [0.29, 0.717) is 48.5 Å². The Labute approximate surface area is 169 Å². The van der Waals surface area contributed by atoms with Crippen LogP contribution >= 0.6 is 0 Å². The van der Waals surface area contributed by atoms with E-state index in [2.05, 4.69) is 4.98 Å². The first kappa shape index (κ1) is 20.5. The third kappa shape index (κ3) is 4.62. The Bertz CT molecular complexity index is 932. The summed E-state index contributed by atoms with van der Waals surface area (Å²) in [6.07, 6.45) is 2.82. The highest BCUT2D eigenvalue weighted by Crippen LogP contribution is 2.30. The number of ether oxygens (including phenoxy) is 1. The summed E-state index contributed by atoms with van der Waals surface area (Å²) < 4.78 is 5.28. The number of nitriles is 1. The van der Waals surface area contributed by atoms with Crippen molar-refractivity contribution < 1.29 is 14.3 Å². The number of hydrogen-bond acceptors (Lipinski definition) is 7. The molecule has 1 aromatic carbocycles. The van der Waals surface area contributed by atoms with Crippen LogP contribution in [0, 0.1) is 17.2 Å². The van der Waals surface area contributed by atoms with Crippen molar-refractivity contribution >= 4 is 28.7 Å². The number of fused-ring (bicyclic) bond motifs is 1. The van der Waals surface area contributed by atoms with E-state index in [4.69, 9.17) is 15.5 Å². The van der Waals surface area contributed by atoms with Gasteiger partial charge in [0.15, 0.2) is 11.7 Å². The standard InChI is InChI=1S/C21H25N5O3/c1-2-3-12-29-21(28)15(13-22)18-20(25-17-7-5-4-6-16(17)24-18)26-10-8-14(9-11-26)19(23)27/h4-7,14-15H,2-3,8-12H2,1H3,(H2,23,27)/t15-/m0/s1. The highest BCUT2D eigenvalue weighted by molar-refractivity contribution is 5.85. The number of carbonyl (C=O) groups excluding carboxylic acids is 2. The lowest BCUT2D eigenvalue weighted by Gasteiger charge is -2.32. The average molecular weight is 395 g/mol. The molecular formula is C21H25N5O3. The lowest BCUT2D eigenvalue weighted by atomic mass is 9.95. The van der Waals surface area contributed by atoms with Gasteiger partial charge in [-0.25, -0.2) is 9.97 Å². The Hall–Kier alpha value is -3.21. The zero-order valence-corrected chi connectivity index (χ0v) is 16.5. The second-order valence-electron chi connectivity index (χ2n) is 7.17. The average Bonchev–Trinajstić information content (AvgIpc) is 2.74. The Kier molecular flexibility index (Phi) is 6.60. The number of carbonyl (C=O) groups is 2. The number of hydrogen-bond donors (Lipinski definition) is 1. The minimum atomic E-state index is -1.16. The fourth-order valence-corrected chi connectivity index (χ4v) is 3.43. The monoisotopic (exact) mass is 395 g/mol. The van der Waals surface area contributed by atoms with Gasteiger partial charge in [0.2, 0.25) is 5.91 Å². The number of nitrogens with zero attached hydrogens (tertiary/aromatic N) is 4. The van der Waals surface area contributed by atoms with Gasteiger partial charge in [0.25, 0.3) is 0 Å². The highest BCUT2D eigenvalue weighted by atomic mass is 16.5. The quantitative estimate of drug-likeness (QED) is 0.563. The number of unbranched alkanes of at least 4 members (excludes halogenated alkanes) is 1. The fraction of sp³-hybridized carbons (Fsp3) is 0.476. The number of esters is 1. The maximum atomic E-state index is 12.6. The first-order valence-corrected chi connectivity index (χ1v) is 9.92. The van der Waals surface area contributed by atoms with Crippen molar-refractivity contribution in [2.24, 2.45) is 11.7 Å². The summed E-state index contributed by atoms with van der Waals surface area (Å²) in [6.45, 7) is 3.37. The Morgan fingerprint density at radius 1 is 1.28 bits per heavy atom. The van der Waals surface area contributed by atoms with E-state index in [9.17, 15) is 14.9 Å². The van der Waals surface area contributed by atoms with E-state index < -0.39 is 11.9 Å². The summed E-state index contributed by atoms with van der Waals surface area (Å²) in [5.41, 5.74) is 7.02. The molecule has 1 atom stereocenters. The summed E-state index contributed by atoms with van der Waals surface area (Å²) in [5, 5.41) is 9.72. The van der Waals surface area contributed by atoms with Crippen LogP contribution in [0.1, 0.15) is 44.2 Å². The minimum absolute atomic E-state index is 0.172. The maximum absolute atomic E-state index is 12.6. The predicted octanol–water partition coefficient (Wildman–Crippen LogP) is 2.28. The number of aromatic nitrogens is 2. The molecular weight excluding hydrogens is 370 g/mol. The van der Waals surface area contributed by atoms with Crippen molar-refractivity contribution in [3.63, 3.8) is 0 Å². The molecule has 2 aromatic rings. The van der Waals surface area contributed by atoms with Crippen molar-refractivity contribution in [3.8, 4) is 6.07 Å². The SMILES string of the molecule is CCCCOC(=O)[C@@H](C#N)c1nc2ccccc2nc1N1CCC(C(N)=O)CC1. The van der Waals surface area contributed by atoms with Crippen LogP contribution in [-0.4, -0.2) is 41.5 Å². The number of anilines is 1. The molecule has 3 rings (SSSR count). The van der Waals surface area contributed by atoms with Gasteiger partial charge in [-0.1, -0.05) is 25.5 Å². The number of para-hydroxylation sites is 2. The highest BCUT2D eigenvalue weighted by Gasteiger charge is 2.32. The zero-order valence-electron chi connectivity index (χ0n) is 16.5. The van der Waals surface area contributed by atoms with Gasteiger partial charge in [0.05, 0.1) is 23.7 Å². The Morgan fingerprint density at radius 2 is 1.93 bits per heavy atom. The summed E-state index contributed by atoms with van der Waals surface area (Å²) in [7, 11) is 0. The predicted molar refractivity (Wildman–Crippen MR) is 108 cm³/mol. The number of amides is 1. The van der Waals surface area contributed by atoms with Crippen LogP contribution in [0.2, 0.25) is 0 Å². The fourth-order valence-electron chi connectivity index (χ4n) is 3.43. The molecule has 0 saturated carbocycles. The van der Waals surface area contributed by atoms with Gasteiger partial charge in [-0.3, -0.25) is 9.59 Å². The van der Waals surface area contributed by atoms with Crippen molar-refractivity contribution in [2.75, 3.05) is 24.6 Å². The van der Waals surface area contributed by atoms with Crippen molar-refractivity contribution in [2.45, 2.75) is 38.5 Å². The smallest absolute Gasteiger partial charge is 0.329 e. The van der Waals surface area contributed by atoms with Crippen LogP contribution < -0.4 is 10.6 Å². The van der Waals surface area contributed by atoms with Crippen molar-refractivity contribution in [1.29, 1.82) is 5.26 Å². The molecule has 2 N–H and O–H groups in total. The van der Waals surface area contributed by atoms with Gasteiger partial charge < -0.3 is 15.4 Å². The molecule has 8 nitrogen and oxygen atoms in total. The number of rotatable bonds is 7. The molecule has 0 aliphatic carbocycles. The molecule has 0 unspecified atom stereocenters. The largest absolute Gasteiger partial charge is 0.464 e. The van der Waals surface area contributed by atoms with Crippen LogP contribution in [0.15, 0.2) is 24.3 Å². The molecule has 0 spiro atoms. The molecule has 2 heterocycles. The molecule has 8 heteroatoms. The van der Waals surface area contributed by atoms with Gasteiger partial charge in [-0.2, -0.15) is 5.26 Å². The molecule has 1 aromatic heterocycles. The number of benzene rings is 1. The minimum Gasteiger partial charge on any atom is -0.464 e.